The highest BCUT2D eigenvalue weighted by atomic mass is 32.2. The predicted molar refractivity (Wildman–Crippen MR) is 102 cm³/mol. The Kier molecular flexibility index (Phi) is 4.48. The molecule has 0 saturated carbocycles. The molecule has 3 aromatic rings. The summed E-state index contributed by atoms with van der Waals surface area (Å²) in [6, 6.07) is 7.11. The number of rotatable bonds is 4. The van der Waals surface area contributed by atoms with Gasteiger partial charge in [0.1, 0.15) is 16.2 Å². The van der Waals surface area contributed by atoms with Crippen molar-refractivity contribution < 1.29 is 9.90 Å². The molecule has 25 heavy (non-hydrogen) atoms. The number of thiophene rings is 1. The standard InChI is InChI=1S/C19H18N2O2S2/c1-11-5-6-14-15(7-11)25-18-16(14)17(20-10-21-18)24-9-12-3-2-4-13(8-12)19(22)23/h2-4,8,10-11H,5-7,9H2,1H3,(H,22,23). The third-order valence-electron chi connectivity index (χ3n) is 4.61. The molecule has 0 aliphatic heterocycles. The minimum absolute atomic E-state index is 0.327. The van der Waals surface area contributed by atoms with Gasteiger partial charge in [0.05, 0.1) is 5.56 Å². The summed E-state index contributed by atoms with van der Waals surface area (Å²) in [7, 11) is 0. The molecule has 0 radical (unpaired) electrons. The summed E-state index contributed by atoms with van der Waals surface area (Å²) in [6.45, 7) is 2.31. The summed E-state index contributed by atoms with van der Waals surface area (Å²) in [5.74, 6) is 0.550. The maximum absolute atomic E-state index is 11.1. The Labute approximate surface area is 154 Å². The van der Waals surface area contributed by atoms with E-state index in [9.17, 15) is 4.79 Å². The van der Waals surface area contributed by atoms with Crippen molar-refractivity contribution in [1.82, 2.24) is 9.97 Å². The number of hydrogen-bond acceptors (Lipinski definition) is 5. The molecule has 0 saturated heterocycles. The van der Waals surface area contributed by atoms with Crippen LogP contribution >= 0.6 is 23.1 Å². The fraction of sp³-hybridized carbons (Fsp3) is 0.316. The molecular weight excluding hydrogens is 352 g/mol. The minimum Gasteiger partial charge on any atom is -0.478 e. The maximum atomic E-state index is 11.1. The summed E-state index contributed by atoms with van der Waals surface area (Å²) in [6.07, 6.45) is 5.11. The van der Waals surface area contributed by atoms with Crippen LogP contribution in [0.2, 0.25) is 0 Å². The lowest BCUT2D eigenvalue weighted by Crippen LogP contribution is -2.08. The first-order valence-electron chi connectivity index (χ1n) is 8.32. The van der Waals surface area contributed by atoms with Crippen LogP contribution in [0, 0.1) is 5.92 Å². The fourth-order valence-electron chi connectivity index (χ4n) is 3.30. The Balaban J connectivity index is 1.64. The van der Waals surface area contributed by atoms with Crippen molar-refractivity contribution in [3.63, 3.8) is 0 Å². The van der Waals surface area contributed by atoms with E-state index in [0.29, 0.717) is 11.3 Å². The van der Waals surface area contributed by atoms with E-state index < -0.39 is 5.97 Å². The zero-order chi connectivity index (χ0) is 17.4. The van der Waals surface area contributed by atoms with Crippen LogP contribution in [0.4, 0.5) is 0 Å². The lowest BCUT2D eigenvalue weighted by Gasteiger charge is -2.18. The SMILES string of the molecule is CC1CCc2c(sc3ncnc(SCc4cccc(C(=O)O)c4)c23)C1. The molecule has 0 bridgehead atoms. The minimum atomic E-state index is -0.891. The van der Waals surface area contributed by atoms with Crippen molar-refractivity contribution in [3.8, 4) is 0 Å². The maximum Gasteiger partial charge on any atom is 0.335 e. The number of aryl methyl sites for hydroxylation is 1. The normalized spacial score (nSPS) is 16.8. The van der Waals surface area contributed by atoms with Gasteiger partial charge in [-0.3, -0.25) is 0 Å². The quantitative estimate of drug-likeness (QED) is 0.528. The van der Waals surface area contributed by atoms with Crippen molar-refractivity contribution in [2.24, 2.45) is 5.92 Å². The zero-order valence-corrected chi connectivity index (χ0v) is 15.5. The predicted octanol–water partition coefficient (Wildman–Crippen LogP) is 4.81. The first kappa shape index (κ1) is 16.5. The topological polar surface area (TPSA) is 63.1 Å². The van der Waals surface area contributed by atoms with E-state index >= 15 is 0 Å². The van der Waals surface area contributed by atoms with E-state index in [0.717, 1.165) is 34.2 Å². The Bertz CT molecular complexity index is 952. The molecule has 0 spiro atoms. The Morgan fingerprint density at radius 1 is 1.40 bits per heavy atom. The van der Waals surface area contributed by atoms with Gasteiger partial charge in [0, 0.05) is 16.0 Å². The molecule has 1 aliphatic carbocycles. The fourth-order valence-corrected chi connectivity index (χ4v) is 5.69. The lowest BCUT2D eigenvalue weighted by atomic mass is 9.89. The summed E-state index contributed by atoms with van der Waals surface area (Å²) >= 11 is 3.47. The Hall–Kier alpha value is -1.92. The Morgan fingerprint density at radius 3 is 3.12 bits per heavy atom. The monoisotopic (exact) mass is 370 g/mol. The summed E-state index contributed by atoms with van der Waals surface area (Å²) < 4.78 is 0. The molecule has 1 aromatic carbocycles. The van der Waals surface area contributed by atoms with Crippen LogP contribution in [0.5, 0.6) is 0 Å². The molecule has 1 atom stereocenters. The highest BCUT2D eigenvalue weighted by Crippen LogP contribution is 2.41. The number of aromatic nitrogens is 2. The van der Waals surface area contributed by atoms with Crippen molar-refractivity contribution in [2.75, 3.05) is 0 Å². The van der Waals surface area contributed by atoms with E-state index in [-0.39, 0.29) is 0 Å². The summed E-state index contributed by atoms with van der Waals surface area (Å²) in [4.78, 5) is 22.7. The van der Waals surface area contributed by atoms with Crippen molar-refractivity contribution >= 4 is 39.3 Å². The van der Waals surface area contributed by atoms with Gasteiger partial charge >= 0.3 is 5.97 Å². The molecule has 1 N–H and O–H groups in total. The van der Waals surface area contributed by atoms with Crippen LogP contribution in [-0.4, -0.2) is 21.0 Å². The van der Waals surface area contributed by atoms with Crippen LogP contribution < -0.4 is 0 Å². The molecule has 0 amide bonds. The van der Waals surface area contributed by atoms with Crippen molar-refractivity contribution in [1.29, 1.82) is 0 Å². The van der Waals surface area contributed by atoms with Gasteiger partial charge in [-0.1, -0.05) is 19.1 Å². The second kappa shape index (κ2) is 6.77. The van der Waals surface area contributed by atoms with Gasteiger partial charge in [0.2, 0.25) is 0 Å². The highest BCUT2D eigenvalue weighted by Gasteiger charge is 2.23. The second-order valence-electron chi connectivity index (χ2n) is 6.50. The zero-order valence-electron chi connectivity index (χ0n) is 13.9. The van der Waals surface area contributed by atoms with Crippen molar-refractivity contribution in [3.05, 3.63) is 52.2 Å². The van der Waals surface area contributed by atoms with E-state index in [1.807, 2.05) is 6.07 Å². The van der Waals surface area contributed by atoms with Crippen molar-refractivity contribution in [2.45, 2.75) is 37.0 Å². The molecule has 2 heterocycles. The van der Waals surface area contributed by atoms with Gasteiger partial charge < -0.3 is 5.11 Å². The van der Waals surface area contributed by atoms with Gasteiger partial charge in [-0.15, -0.1) is 23.1 Å². The highest BCUT2D eigenvalue weighted by molar-refractivity contribution is 7.98. The average Bonchev–Trinajstić information content (AvgIpc) is 2.98. The lowest BCUT2D eigenvalue weighted by molar-refractivity contribution is 0.0697. The molecule has 1 aliphatic rings. The number of hydrogen-bond donors (Lipinski definition) is 1. The van der Waals surface area contributed by atoms with Crippen LogP contribution in [0.1, 0.15) is 39.7 Å². The average molecular weight is 370 g/mol. The number of benzene rings is 1. The van der Waals surface area contributed by atoms with Gasteiger partial charge in [-0.05, 0) is 48.4 Å². The molecule has 4 nitrogen and oxygen atoms in total. The molecule has 6 heteroatoms. The van der Waals surface area contributed by atoms with Gasteiger partial charge in [0.25, 0.3) is 0 Å². The number of carboxylic acids is 1. The van der Waals surface area contributed by atoms with E-state index in [2.05, 4.69) is 16.9 Å². The summed E-state index contributed by atoms with van der Waals surface area (Å²) in [5, 5.41) is 11.4. The third-order valence-corrected chi connectivity index (χ3v) is 6.83. The van der Waals surface area contributed by atoms with Crippen LogP contribution in [0.3, 0.4) is 0 Å². The second-order valence-corrected chi connectivity index (χ2v) is 8.55. The first-order valence-corrected chi connectivity index (χ1v) is 10.1. The number of carbonyl (C=O) groups is 1. The van der Waals surface area contributed by atoms with E-state index in [4.69, 9.17) is 5.11 Å². The van der Waals surface area contributed by atoms with Gasteiger partial charge in [-0.2, -0.15) is 0 Å². The molecule has 0 fully saturated rings. The van der Waals surface area contributed by atoms with Crippen LogP contribution in [-0.2, 0) is 18.6 Å². The van der Waals surface area contributed by atoms with E-state index in [1.54, 1.807) is 47.6 Å². The van der Waals surface area contributed by atoms with Crippen LogP contribution in [0.15, 0.2) is 35.6 Å². The number of nitrogens with zero attached hydrogens (tertiary/aromatic N) is 2. The summed E-state index contributed by atoms with van der Waals surface area (Å²) in [5.41, 5.74) is 2.75. The number of thioether (sulfide) groups is 1. The number of aromatic carboxylic acids is 1. The molecule has 128 valence electrons. The van der Waals surface area contributed by atoms with Crippen LogP contribution in [0.25, 0.3) is 10.2 Å². The number of fused-ring (bicyclic) bond motifs is 3. The molecule has 4 rings (SSSR count). The Morgan fingerprint density at radius 2 is 2.28 bits per heavy atom. The first-order chi connectivity index (χ1) is 12.1. The van der Waals surface area contributed by atoms with Gasteiger partial charge in [0.15, 0.2) is 0 Å². The smallest absolute Gasteiger partial charge is 0.335 e. The van der Waals surface area contributed by atoms with E-state index in [1.165, 1.54) is 22.2 Å². The van der Waals surface area contributed by atoms with Gasteiger partial charge in [-0.25, -0.2) is 14.8 Å². The largest absolute Gasteiger partial charge is 0.478 e. The number of carboxylic acid groups (broad SMARTS) is 1. The third kappa shape index (κ3) is 3.28. The molecular formula is C19H18N2O2S2. The molecule has 1 unspecified atom stereocenters. The molecule has 2 aromatic heterocycles.